The molecule has 1 saturated heterocycles. The van der Waals surface area contributed by atoms with Crippen molar-refractivity contribution >= 4 is 0 Å². The van der Waals surface area contributed by atoms with Crippen LogP contribution < -0.4 is 0 Å². The van der Waals surface area contributed by atoms with Gasteiger partial charge in [-0.15, -0.1) is 65.8 Å². The van der Waals surface area contributed by atoms with Crippen LogP contribution in [0.5, 0.6) is 0 Å². The van der Waals surface area contributed by atoms with Crippen LogP contribution in [0.4, 0.5) is 0 Å². The summed E-state index contributed by atoms with van der Waals surface area (Å²) in [5.74, 6) is 0. The Morgan fingerprint density at radius 1 is 0.404 bits per heavy atom. The Kier molecular flexibility index (Phi) is 27.8. The van der Waals surface area contributed by atoms with E-state index in [9.17, 15) is 0 Å². The van der Waals surface area contributed by atoms with Crippen LogP contribution in [0.2, 0.25) is 0 Å². The summed E-state index contributed by atoms with van der Waals surface area (Å²) >= 11 is 0. The molecular formula is C46H72O6. The maximum atomic E-state index is 7.05. The highest BCUT2D eigenvalue weighted by Crippen LogP contribution is 2.35. The molecule has 0 radical (unpaired) electrons. The van der Waals surface area contributed by atoms with Crippen molar-refractivity contribution in [1.82, 2.24) is 0 Å². The topological polar surface area (TPSA) is 55.4 Å². The monoisotopic (exact) mass is 721 g/mol. The number of hydrogen-bond donors (Lipinski definition) is 0. The zero-order valence-electron chi connectivity index (χ0n) is 32.4. The molecule has 0 aromatic carbocycles. The van der Waals surface area contributed by atoms with Crippen molar-refractivity contribution in [3.8, 4) is 0 Å². The van der Waals surface area contributed by atoms with E-state index in [4.69, 9.17) is 28.4 Å². The SMILES string of the molecule is C=CCCCC(C=C)OC[C@H]1O[C@@H](OC(C=C)CCCC=C)[C@H](OC(C=C)CCCC=C)[C@@H](OC(C=C)CCCC=C)[C@@H]1OC(C=C)CCCC=C. The van der Waals surface area contributed by atoms with Gasteiger partial charge in [0, 0.05) is 0 Å². The highest BCUT2D eigenvalue weighted by Gasteiger charge is 2.51. The molecule has 1 fully saturated rings. The molecule has 10 atom stereocenters. The molecule has 292 valence electrons. The van der Waals surface area contributed by atoms with Gasteiger partial charge in [-0.3, -0.25) is 0 Å². The van der Waals surface area contributed by atoms with Crippen molar-refractivity contribution in [2.24, 2.45) is 0 Å². The van der Waals surface area contributed by atoms with Crippen LogP contribution in [0.1, 0.15) is 96.3 Å². The molecule has 0 amide bonds. The predicted octanol–water partition coefficient (Wildman–Crippen LogP) is 11.5. The van der Waals surface area contributed by atoms with Crippen LogP contribution in [0.25, 0.3) is 0 Å². The van der Waals surface area contributed by atoms with Crippen molar-refractivity contribution in [3.63, 3.8) is 0 Å². The summed E-state index contributed by atoms with van der Waals surface area (Å²) in [6.45, 7) is 40.2. The summed E-state index contributed by atoms with van der Waals surface area (Å²) in [4.78, 5) is 0. The minimum Gasteiger partial charge on any atom is -0.371 e. The molecule has 0 aliphatic carbocycles. The van der Waals surface area contributed by atoms with Crippen molar-refractivity contribution in [2.75, 3.05) is 6.61 Å². The Balaban J connectivity index is 3.79. The Bertz CT molecular complexity index is 1050. The van der Waals surface area contributed by atoms with Gasteiger partial charge in [-0.25, -0.2) is 0 Å². The van der Waals surface area contributed by atoms with E-state index in [0.29, 0.717) is 0 Å². The molecule has 6 heteroatoms. The van der Waals surface area contributed by atoms with E-state index >= 15 is 0 Å². The van der Waals surface area contributed by atoms with Crippen LogP contribution in [0, 0.1) is 0 Å². The number of hydrogen-bond acceptors (Lipinski definition) is 6. The maximum Gasteiger partial charge on any atom is 0.187 e. The quantitative estimate of drug-likeness (QED) is 0.0474. The highest BCUT2D eigenvalue weighted by molar-refractivity contribution is 5.00. The molecule has 1 aliphatic rings. The number of rotatable bonds is 36. The second-order valence-electron chi connectivity index (χ2n) is 13.3. The third-order valence-corrected chi connectivity index (χ3v) is 9.17. The molecular weight excluding hydrogens is 649 g/mol. The zero-order valence-corrected chi connectivity index (χ0v) is 32.4. The van der Waals surface area contributed by atoms with E-state index in [1.54, 1.807) is 0 Å². The number of unbranched alkanes of at least 4 members (excludes halogenated alkanes) is 5. The lowest BCUT2D eigenvalue weighted by molar-refractivity contribution is -0.339. The highest BCUT2D eigenvalue weighted by atomic mass is 16.7. The first kappa shape index (κ1) is 47.2. The lowest BCUT2D eigenvalue weighted by atomic mass is 9.96. The fraction of sp³-hybridized carbons (Fsp3) is 0.565. The van der Waals surface area contributed by atoms with Gasteiger partial charge >= 0.3 is 0 Å². The lowest BCUT2D eigenvalue weighted by Gasteiger charge is -2.48. The lowest BCUT2D eigenvalue weighted by Crippen LogP contribution is -2.64. The Labute approximate surface area is 318 Å². The largest absolute Gasteiger partial charge is 0.371 e. The van der Waals surface area contributed by atoms with E-state index in [1.807, 2.05) is 60.8 Å². The minimum absolute atomic E-state index is 0.172. The Morgan fingerprint density at radius 3 is 1.10 bits per heavy atom. The zero-order chi connectivity index (χ0) is 38.4. The molecule has 1 rings (SSSR count). The summed E-state index contributed by atoms with van der Waals surface area (Å²) < 4.78 is 41.2. The fourth-order valence-electron chi connectivity index (χ4n) is 6.13. The van der Waals surface area contributed by atoms with Crippen LogP contribution in [-0.2, 0) is 28.4 Å². The van der Waals surface area contributed by atoms with Gasteiger partial charge in [0.05, 0.1) is 37.1 Å². The Morgan fingerprint density at radius 2 is 0.731 bits per heavy atom. The molecule has 1 aliphatic heterocycles. The molecule has 0 spiro atoms. The van der Waals surface area contributed by atoms with Gasteiger partial charge in [0.2, 0.25) is 0 Å². The second kappa shape index (κ2) is 30.6. The summed E-state index contributed by atoms with van der Waals surface area (Å²) in [5, 5.41) is 0. The maximum absolute atomic E-state index is 7.05. The summed E-state index contributed by atoms with van der Waals surface area (Å²) in [6, 6.07) is 0. The molecule has 0 saturated carbocycles. The molecule has 1 heterocycles. The first-order chi connectivity index (χ1) is 25.4. The van der Waals surface area contributed by atoms with Crippen LogP contribution in [-0.4, -0.2) is 67.8 Å². The summed E-state index contributed by atoms with van der Waals surface area (Å²) in [5.41, 5.74) is 0. The molecule has 0 aromatic rings. The van der Waals surface area contributed by atoms with Gasteiger partial charge in [-0.1, -0.05) is 60.8 Å². The third-order valence-electron chi connectivity index (χ3n) is 9.17. The average Bonchev–Trinajstić information content (AvgIpc) is 3.16. The van der Waals surface area contributed by atoms with E-state index in [0.717, 1.165) is 96.3 Å². The predicted molar refractivity (Wildman–Crippen MR) is 220 cm³/mol. The van der Waals surface area contributed by atoms with E-state index in [2.05, 4.69) is 65.8 Å². The number of ether oxygens (including phenoxy) is 6. The average molecular weight is 721 g/mol. The van der Waals surface area contributed by atoms with Crippen LogP contribution >= 0.6 is 0 Å². The minimum atomic E-state index is -0.823. The molecule has 6 nitrogen and oxygen atoms in total. The van der Waals surface area contributed by atoms with Gasteiger partial charge in [0.1, 0.15) is 24.4 Å². The fourth-order valence-corrected chi connectivity index (χ4v) is 6.13. The van der Waals surface area contributed by atoms with Gasteiger partial charge in [0.25, 0.3) is 0 Å². The smallest absolute Gasteiger partial charge is 0.187 e. The van der Waals surface area contributed by atoms with Gasteiger partial charge in [-0.2, -0.15) is 0 Å². The Hall–Kier alpha value is -2.84. The standard InChI is InChI=1S/C46H72O6/c1-11-21-26-31-37(16-6)47-36-42-43(48-38(17-7)32-27-22-12-2)44(49-39(18-8)33-28-23-13-3)45(50-40(19-9)34-29-24-14-4)46(52-42)51-41(20-10)35-30-25-15-5/h11-20,37-46H,1-10,21-36H2/t37?,38?,39?,40?,41?,42-,43-,44+,45-,46-/m1/s1. The van der Waals surface area contributed by atoms with Crippen molar-refractivity contribution in [3.05, 3.63) is 127 Å². The van der Waals surface area contributed by atoms with E-state index < -0.39 is 30.7 Å². The molecule has 5 unspecified atom stereocenters. The van der Waals surface area contributed by atoms with E-state index in [-0.39, 0.29) is 37.1 Å². The number of allylic oxidation sites excluding steroid dienone is 5. The van der Waals surface area contributed by atoms with Gasteiger partial charge in [0.15, 0.2) is 6.29 Å². The van der Waals surface area contributed by atoms with Crippen molar-refractivity contribution in [1.29, 1.82) is 0 Å². The molecule has 0 N–H and O–H groups in total. The van der Waals surface area contributed by atoms with Gasteiger partial charge in [-0.05, 0) is 96.3 Å². The summed E-state index contributed by atoms with van der Waals surface area (Å²) in [7, 11) is 0. The van der Waals surface area contributed by atoms with Crippen molar-refractivity contribution < 1.29 is 28.4 Å². The second-order valence-corrected chi connectivity index (χ2v) is 13.3. The third kappa shape index (κ3) is 18.8. The normalized spacial score (nSPS) is 22.8. The summed E-state index contributed by atoms with van der Waals surface area (Å²) in [6.07, 6.45) is 26.9. The molecule has 52 heavy (non-hydrogen) atoms. The molecule has 0 bridgehead atoms. The van der Waals surface area contributed by atoms with E-state index in [1.165, 1.54) is 0 Å². The first-order valence-electron chi connectivity index (χ1n) is 19.5. The first-order valence-corrected chi connectivity index (χ1v) is 19.5. The van der Waals surface area contributed by atoms with Crippen LogP contribution in [0.15, 0.2) is 127 Å². The van der Waals surface area contributed by atoms with Gasteiger partial charge < -0.3 is 28.4 Å². The van der Waals surface area contributed by atoms with Crippen molar-refractivity contribution in [2.45, 2.75) is 158 Å². The molecule has 0 aromatic heterocycles. The van der Waals surface area contributed by atoms with Crippen LogP contribution in [0.3, 0.4) is 0 Å².